The number of piperazine rings is 1. The molecule has 3 unspecified atom stereocenters. The number of nitrogens with zero attached hydrogens (tertiary/aromatic N) is 2. The van der Waals surface area contributed by atoms with Crippen LogP contribution in [0.3, 0.4) is 0 Å². The predicted molar refractivity (Wildman–Crippen MR) is 63.9 cm³/mol. The van der Waals surface area contributed by atoms with Gasteiger partial charge in [0, 0.05) is 31.7 Å². The van der Waals surface area contributed by atoms with Gasteiger partial charge < -0.3 is 15.5 Å². The fourth-order valence-electron chi connectivity index (χ4n) is 2.39. The Balaban J connectivity index is 1.93. The fourth-order valence-corrected chi connectivity index (χ4v) is 2.39. The van der Waals surface area contributed by atoms with Crippen molar-refractivity contribution in [1.82, 2.24) is 9.80 Å². The zero-order valence-electron chi connectivity index (χ0n) is 10.1. The summed E-state index contributed by atoms with van der Waals surface area (Å²) in [6.07, 6.45) is 4.69. The van der Waals surface area contributed by atoms with Gasteiger partial charge in [-0.05, 0) is 20.4 Å². The average Bonchev–Trinajstić information content (AvgIpc) is 2.68. The fraction of sp³-hybridized carbons (Fsp3) is 0.750. The Bertz CT molecular complexity index is 303. The van der Waals surface area contributed by atoms with Gasteiger partial charge in [-0.25, -0.2) is 0 Å². The molecule has 2 aliphatic rings. The largest absolute Gasteiger partial charge is 0.339 e. The molecule has 1 aliphatic heterocycles. The highest BCUT2D eigenvalue weighted by atomic mass is 16.2. The van der Waals surface area contributed by atoms with Gasteiger partial charge in [-0.15, -0.1) is 0 Å². The van der Waals surface area contributed by atoms with Crippen molar-refractivity contribution in [3.05, 3.63) is 12.2 Å². The summed E-state index contributed by atoms with van der Waals surface area (Å²) in [4.78, 5) is 16.5. The number of hydrogen-bond donors (Lipinski definition) is 1. The maximum atomic E-state index is 12.2. The van der Waals surface area contributed by atoms with Crippen LogP contribution in [-0.4, -0.2) is 54.5 Å². The summed E-state index contributed by atoms with van der Waals surface area (Å²) in [5.74, 6) is 0.273. The second-order valence-corrected chi connectivity index (χ2v) is 5.00. The molecule has 0 bridgehead atoms. The molecule has 1 heterocycles. The van der Waals surface area contributed by atoms with Gasteiger partial charge in [-0.1, -0.05) is 12.2 Å². The third-order valence-electron chi connectivity index (χ3n) is 3.71. The summed E-state index contributed by atoms with van der Waals surface area (Å²) in [5.41, 5.74) is 5.78. The second-order valence-electron chi connectivity index (χ2n) is 5.00. The molecular weight excluding hydrogens is 202 g/mol. The molecule has 0 radical (unpaired) electrons. The Morgan fingerprint density at radius 1 is 1.38 bits per heavy atom. The summed E-state index contributed by atoms with van der Waals surface area (Å²) in [6.45, 7) is 4.82. The minimum atomic E-state index is 0.0191. The number of carbonyl (C=O) groups excluding carboxylic acids is 1. The first kappa shape index (κ1) is 11.6. The summed E-state index contributed by atoms with van der Waals surface area (Å²) >= 11 is 0. The van der Waals surface area contributed by atoms with Crippen molar-refractivity contribution in [2.75, 3.05) is 26.7 Å². The van der Waals surface area contributed by atoms with Crippen LogP contribution in [0, 0.1) is 5.92 Å². The van der Waals surface area contributed by atoms with Gasteiger partial charge in [0.2, 0.25) is 5.91 Å². The Morgan fingerprint density at radius 2 is 2.12 bits per heavy atom. The van der Waals surface area contributed by atoms with Gasteiger partial charge in [-0.3, -0.25) is 4.79 Å². The first-order valence-electron chi connectivity index (χ1n) is 6.01. The molecule has 1 aliphatic carbocycles. The lowest BCUT2D eigenvalue weighted by atomic mass is 10.0. The third-order valence-corrected chi connectivity index (χ3v) is 3.71. The third kappa shape index (κ3) is 2.28. The summed E-state index contributed by atoms with van der Waals surface area (Å²) in [7, 11) is 2.11. The Hall–Kier alpha value is -0.870. The second kappa shape index (κ2) is 4.55. The minimum absolute atomic E-state index is 0.0191. The number of likely N-dealkylation sites (N-methyl/N-ethyl adjacent to an activating group) is 1. The molecule has 4 nitrogen and oxygen atoms in total. The van der Waals surface area contributed by atoms with E-state index in [0.717, 1.165) is 26.1 Å². The van der Waals surface area contributed by atoms with Gasteiger partial charge >= 0.3 is 0 Å². The van der Waals surface area contributed by atoms with Crippen LogP contribution in [-0.2, 0) is 4.79 Å². The van der Waals surface area contributed by atoms with Crippen LogP contribution in [0.25, 0.3) is 0 Å². The first-order valence-corrected chi connectivity index (χ1v) is 6.01. The molecule has 16 heavy (non-hydrogen) atoms. The molecule has 0 aromatic heterocycles. The molecule has 1 fully saturated rings. The van der Waals surface area contributed by atoms with Crippen molar-refractivity contribution < 1.29 is 4.79 Å². The number of carbonyl (C=O) groups is 1. The van der Waals surface area contributed by atoms with Crippen LogP contribution < -0.4 is 5.73 Å². The van der Waals surface area contributed by atoms with Crippen molar-refractivity contribution in [2.45, 2.75) is 25.4 Å². The van der Waals surface area contributed by atoms with Crippen LogP contribution in [0.15, 0.2) is 12.2 Å². The van der Waals surface area contributed by atoms with E-state index in [1.165, 1.54) is 0 Å². The lowest BCUT2D eigenvalue weighted by Gasteiger charge is -2.38. The zero-order chi connectivity index (χ0) is 11.7. The highest BCUT2D eigenvalue weighted by Gasteiger charge is 2.30. The molecule has 2 rings (SSSR count). The monoisotopic (exact) mass is 223 g/mol. The lowest BCUT2D eigenvalue weighted by Crippen LogP contribution is -2.53. The molecule has 0 saturated carbocycles. The smallest absolute Gasteiger partial charge is 0.229 e. The normalized spacial score (nSPS) is 35.7. The molecule has 1 amide bonds. The SMILES string of the molecule is CC1CN(C(=O)C2C=CC(N)C2)CCN1C. The molecule has 0 aromatic carbocycles. The van der Waals surface area contributed by atoms with Gasteiger partial charge in [0.05, 0.1) is 5.92 Å². The number of rotatable bonds is 1. The molecule has 1 saturated heterocycles. The number of amides is 1. The molecule has 2 N–H and O–H groups in total. The van der Waals surface area contributed by atoms with Crippen molar-refractivity contribution in [3.8, 4) is 0 Å². The van der Waals surface area contributed by atoms with Crippen molar-refractivity contribution in [3.63, 3.8) is 0 Å². The highest BCUT2D eigenvalue weighted by Crippen LogP contribution is 2.20. The minimum Gasteiger partial charge on any atom is -0.339 e. The molecule has 90 valence electrons. The highest BCUT2D eigenvalue weighted by molar-refractivity contribution is 5.81. The molecule has 3 atom stereocenters. The van der Waals surface area contributed by atoms with Crippen LogP contribution in [0.5, 0.6) is 0 Å². The predicted octanol–water partition coefficient (Wildman–Crippen LogP) is 0.0523. The first-order chi connectivity index (χ1) is 7.58. The van der Waals surface area contributed by atoms with Gasteiger partial charge in [0.25, 0.3) is 0 Å². The van der Waals surface area contributed by atoms with E-state index >= 15 is 0 Å². The van der Waals surface area contributed by atoms with E-state index in [0.29, 0.717) is 6.04 Å². The van der Waals surface area contributed by atoms with E-state index in [9.17, 15) is 4.79 Å². The van der Waals surface area contributed by atoms with Crippen molar-refractivity contribution >= 4 is 5.91 Å². The zero-order valence-corrected chi connectivity index (χ0v) is 10.1. The number of nitrogens with two attached hydrogens (primary N) is 1. The lowest BCUT2D eigenvalue weighted by molar-refractivity contribution is -0.136. The van der Waals surface area contributed by atoms with E-state index in [1.54, 1.807) is 0 Å². The molecule has 4 heteroatoms. The van der Waals surface area contributed by atoms with Gasteiger partial charge in [0.1, 0.15) is 0 Å². The topological polar surface area (TPSA) is 49.6 Å². The van der Waals surface area contributed by atoms with Crippen molar-refractivity contribution in [1.29, 1.82) is 0 Å². The summed E-state index contributed by atoms with van der Waals surface area (Å²) in [5, 5.41) is 0. The molecule has 0 aromatic rings. The van der Waals surface area contributed by atoms with E-state index in [2.05, 4.69) is 18.9 Å². The van der Waals surface area contributed by atoms with Gasteiger partial charge in [0.15, 0.2) is 0 Å². The van der Waals surface area contributed by atoms with Crippen LogP contribution in [0.1, 0.15) is 13.3 Å². The molecule has 0 spiro atoms. The maximum Gasteiger partial charge on any atom is 0.229 e. The van der Waals surface area contributed by atoms with E-state index in [4.69, 9.17) is 5.73 Å². The Morgan fingerprint density at radius 3 is 2.69 bits per heavy atom. The summed E-state index contributed by atoms with van der Waals surface area (Å²) in [6, 6.07) is 0.524. The quantitative estimate of drug-likeness (QED) is 0.639. The van der Waals surface area contributed by atoms with Crippen LogP contribution >= 0.6 is 0 Å². The maximum absolute atomic E-state index is 12.2. The standard InChI is InChI=1S/C12H21N3O/c1-9-8-15(6-5-14(9)2)12(16)10-3-4-11(13)7-10/h3-4,9-11H,5-8,13H2,1-2H3. The van der Waals surface area contributed by atoms with Gasteiger partial charge in [-0.2, -0.15) is 0 Å². The Labute approximate surface area is 97.1 Å². The van der Waals surface area contributed by atoms with Crippen LogP contribution in [0.4, 0.5) is 0 Å². The van der Waals surface area contributed by atoms with E-state index in [-0.39, 0.29) is 17.9 Å². The number of hydrogen-bond acceptors (Lipinski definition) is 3. The molecular formula is C12H21N3O. The Kier molecular flexibility index (Phi) is 3.30. The van der Waals surface area contributed by atoms with E-state index in [1.807, 2.05) is 17.1 Å². The average molecular weight is 223 g/mol. The van der Waals surface area contributed by atoms with E-state index < -0.39 is 0 Å². The summed E-state index contributed by atoms with van der Waals surface area (Å²) < 4.78 is 0. The van der Waals surface area contributed by atoms with Crippen LogP contribution in [0.2, 0.25) is 0 Å². The van der Waals surface area contributed by atoms with Crippen molar-refractivity contribution in [2.24, 2.45) is 11.7 Å².